The van der Waals surface area contributed by atoms with E-state index in [1.807, 2.05) is 54.6 Å². The standard InChI is InChI=1S/C14H14ClN3/c15-12-6-8-13(9-7-12)17-18-14(10-16)11-4-2-1-3-5-11/h1-9,17H,10,16H2. The molecule has 4 heteroatoms. The van der Waals surface area contributed by atoms with Gasteiger partial charge < -0.3 is 5.73 Å². The maximum absolute atomic E-state index is 5.81. The Morgan fingerprint density at radius 2 is 1.72 bits per heavy atom. The number of nitrogens with one attached hydrogen (secondary N) is 1. The molecule has 0 saturated carbocycles. The van der Waals surface area contributed by atoms with Crippen LogP contribution in [0.1, 0.15) is 5.56 Å². The van der Waals surface area contributed by atoms with E-state index >= 15 is 0 Å². The van der Waals surface area contributed by atoms with Gasteiger partial charge in [0.15, 0.2) is 0 Å². The van der Waals surface area contributed by atoms with Crippen LogP contribution in [0.3, 0.4) is 0 Å². The summed E-state index contributed by atoms with van der Waals surface area (Å²) in [5, 5.41) is 5.01. The van der Waals surface area contributed by atoms with E-state index in [-0.39, 0.29) is 0 Å². The van der Waals surface area contributed by atoms with Gasteiger partial charge in [-0.1, -0.05) is 41.9 Å². The number of nitrogens with zero attached hydrogens (tertiary/aromatic N) is 1. The highest BCUT2D eigenvalue weighted by atomic mass is 35.5. The topological polar surface area (TPSA) is 50.4 Å². The summed E-state index contributed by atoms with van der Waals surface area (Å²) in [5.74, 6) is 0. The van der Waals surface area contributed by atoms with E-state index in [0.29, 0.717) is 11.6 Å². The van der Waals surface area contributed by atoms with Gasteiger partial charge in [-0.3, -0.25) is 5.43 Å². The van der Waals surface area contributed by atoms with E-state index in [1.165, 1.54) is 0 Å². The highest BCUT2D eigenvalue weighted by Gasteiger charge is 2.00. The van der Waals surface area contributed by atoms with E-state index in [0.717, 1.165) is 17.0 Å². The molecule has 0 aliphatic heterocycles. The number of anilines is 1. The van der Waals surface area contributed by atoms with Crippen LogP contribution < -0.4 is 11.2 Å². The van der Waals surface area contributed by atoms with Crippen LogP contribution in [-0.4, -0.2) is 12.3 Å². The van der Waals surface area contributed by atoms with Gasteiger partial charge >= 0.3 is 0 Å². The van der Waals surface area contributed by atoms with Crippen LogP contribution >= 0.6 is 11.6 Å². The molecule has 92 valence electrons. The van der Waals surface area contributed by atoms with Crippen molar-refractivity contribution in [3.8, 4) is 0 Å². The van der Waals surface area contributed by atoms with Crippen LogP contribution in [0.4, 0.5) is 5.69 Å². The molecular formula is C14H14ClN3. The third-order valence-corrected chi connectivity index (χ3v) is 2.72. The molecule has 0 heterocycles. The Morgan fingerprint density at radius 1 is 1.06 bits per heavy atom. The minimum atomic E-state index is 0.380. The SMILES string of the molecule is NCC(=NNc1ccc(Cl)cc1)c1ccccc1. The summed E-state index contributed by atoms with van der Waals surface area (Å²) in [6.07, 6.45) is 0. The molecular weight excluding hydrogens is 246 g/mol. The van der Waals surface area contributed by atoms with Crippen molar-refractivity contribution < 1.29 is 0 Å². The summed E-state index contributed by atoms with van der Waals surface area (Å²) >= 11 is 5.81. The first-order chi connectivity index (χ1) is 8.79. The van der Waals surface area contributed by atoms with Gasteiger partial charge in [0, 0.05) is 11.6 Å². The maximum Gasteiger partial charge on any atom is 0.0815 e. The Balaban J connectivity index is 2.14. The molecule has 3 nitrogen and oxygen atoms in total. The lowest BCUT2D eigenvalue weighted by Gasteiger charge is -2.05. The molecule has 0 spiro atoms. The molecule has 0 amide bonds. The largest absolute Gasteiger partial charge is 0.325 e. The van der Waals surface area contributed by atoms with Crippen molar-refractivity contribution in [2.24, 2.45) is 10.8 Å². The molecule has 0 aliphatic rings. The molecule has 3 N–H and O–H groups in total. The number of nitrogens with two attached hydrogens (primary N) is 1. The van der Waals surface area contributed by atoms with Crippen molar-refractivity contribution in [2.75, 3.05) is 12.0 Å². The van der Waals surface area contributed by atoms with Crippen LogP contribution in [0.15, 0.2) is 59.7 Å². The number of benzene rings is 2. The number of rotatable bonds is 4. The summed E-state index contributed by atoms with van der Waals surface area (Å²) in [5.41, 5.74) is 11.4. The summed E-state index contributed by atoms with van der Waals surface area (Å²) in [6.45, 7) is 0.380. The van der Waals surface area contributed by atoms with Gasteiger partial charge in [0.1, 0.15) is 0 Å². The zero-order valence-electron chi connectivity index (χ0n) is 9.81. The fraction of sp³-hybridized carbons (Fsp3) is 0.0714. The lowest BCUT2D eigenvalue weighted by molar-refractivity contribution is 1.24. The van der Waals surface area contributed by atoms with Crippen LogP contribution in [0, 0.1) is 0 Å². The quantitative estimate of drug-likeness (QED) is 0.655. The second-order valence-corrected chi connectivity index (χ2v) is 4.18. The predicted octanol–water partition coefficient (Wildman–Crippen LogP) is 3.11. The summed E-state index contributed by atoms with van der Waals surface area (Å²) in [4.78, 5) is 0. The van der Waals surface area contributed by atoms with Gasteiger partial charge in [0.05, 0.1) is 11.4 Å². The Morgan fingerprint density at radius 3 is 2.33 bits per heavy atom. The van der Waals surface area contributed by atoms with Gasteiger partial charge in [0.25, 0.3) is 0 Å². The lowest BCUT2D eigenvalue weighted by atomic mass is 10.1. The van der Waals surface area contributed by atoms with Gasteiger partial charge in [-0.2, -0.15) is 5.10 Å². The van der Waals surface area contributed by atoms with Crippen LogP contribution in [0.2, 0.25) is 5.02 Å². The third-order valence-electron chi connectivity index (χ3n) is 2.46. The minimum Gasteiger partial charge on any atom is -0.325 e. The van der Waals surface area contributed by atoms with Crippen LogP contribution in [0.5, 0.6) is 0 Å². The molecule has 0 radical (unpaired) electrons. The van der Waals surface area contributed by atoms with Crippen molar-refractivity contribution in [2.45, 2.75) is 0 Å². The molecule has 2 aromatic rings. The van der Waals surface area contributed by atoms with E-state index in [2.05, 4.69) is 10.5 Å². The smallest absolute Gasteiger partial charge is 0.0815 e. The molecule has 0 aromatic heterocycles. The Kier molecular flexibility index (Phi) is 4.34. The second-order valence-electron chi connectivity index (χ2n) is 3.75. The Labute approximate surface area is 111 Å². The zero-order valence-corrected chi connectivity index (χ0v) is 10.6. The third kappa shape index (κ3) is 3.32. The van der Waals surface area contributed by atoms with Gasteiger partial charge in [-0.15, -0.1) is 0 Å². The number of hydrazone groups is 1. The van der Waals surface area contributed by atoms with Crippen molar-refractivity contribution in [1.29, 1.82) is 0 Å². The lowest BCUT2D eigenvalue weighted by Crippen LogP contribution is -2.16. The summed E-state index contributed by atoms with van der Waals surface area (Å²) < 4.78 is 0. The van der Waals surface area contributed by atoms with E-state index in [4.69, 9.17) is 17.3 Å². The molecule has 2 aromatic carbocycles. The highest BCUT2D eigenvalue weighted by Crippen LogP contribution is 2.13. The van der Waals surface area contributed by atoms with E-state index in [9.17, 15) is 0 Å². The Bertz CT molecular complexity index is 520. The molecule has 0 aliphatic carbocycles. The summed E-state index contributed by atoms with van der Waals surface area (Å²) in [7, 11) is 0. The van der Waals surface area contributed by atoms with Crippen molar-refractivity contribution in [3.05, 3.63) is 65.2 Å². The van der Waals surface area contributed by atoms with Gasteiger partial charge in [-0.05, 0) is 29.8 Å². The first-order valence-corrected chi connectivity index (χ1v) is 6.01. The van der Waals surface area contributed by atoms with Gasteiger partial charge in [0.2, 0.25) is 0 Å². The second kappa shape index (κ2) is 6.19. The molecule has 18 heavy (non-hydrogen) atoms. The number of hydrogen-bond donors (Lipinski definition) is 2. The number of hydrogen-bond acceptors (Lipinski definition) is 3. The normalized spacial score (nSPS) is 11.3. The minimum absolute atomic E-state index is 0.380. The summed E-state index contributed by atoms with van der Waals surface area (Å²) in [6, 6.07) is 17.2. The highest BCUT2D eigenvalue weighted by molar-refractivity contribution is 6.30. The predicted molar refractivity (Wildman–Crippen MR) is 77.1 cm³/mol. The molecule has 0 fully saturated rings. The molecule has 0 bridgehead atoms. The first-order valence-electron chi connectivity index (χ1n) is 5.63. The Hall–Kier alpha value is -1.84. The van der Waals surface area contributed by atoms with Gasteiger partial charge in [-0.25, -0.2) is 0 Å². The van der Waals surface area contributed by atoms with E-state index in [1.54, 1.807) is 0 Å². The van der Waals surface area contributed by atoms with Crippen molar-refractivity contribution in [3.63, 3.8) is 0 Å². The average Bonchev–Trinajstić information content (AvgIpc) is 2.43. The molecule has 0 saturated heterocycles. The molecule has 0 unspecified atom stereocenters. The first kappa shape index (κ1) is 12.6. The maximum atomic E-state index is 5.81. The van der Waals surface area contributed by atoms with Crippen LogP contribution in [-0.2, 0) is 0 Å². The zero-order chi connectivity index (χ0) is 12.8. The number of halogens is 1. The molecule has 2 rings (SSSR count). The average molecular weight is 260 g/mol. The monoisotopic (exact) mass is 259 g/mol. The van der Waals surface area contributed by atoms with Crippen molar-refractivity contribution >= 4 is 23.0 Å². The fourth-order valence-electron chi connectivity index (χ4n) is 1.52. The van der Waals surface area contributed by atoms with Crippen LogP contribution in [0.25, 0.3) is 0 Å². The van der Waals surface area contributed by atoms with Crippen molar-refractivity contribution in [1.82, 2.24) is 0 Å². The molecule has 0 atom stereocenters. The van der Waals surface area contributed by atoms with E-state index < -0.39 is 0 Å². The fourth-order valence-corrected chi connectivity index (χ4v) is 1.64.